The van der Waals surface area contributed by atoms with E-state index in [0.717, 1.165) is 0 Å². The normalized spacial score (nSPS) is 10.1. The molecule has 1 aromatic heterocycles. The van der Waals surface area contributed by atoms with Gasteiger partial charge in [-0.05, 0) is 18.2 Å². The van der Waals surface area contributed by atoms with Gasteiger partial charge < -0.3 is 9.73 Å². The molecule has 1 heterocycles. The maximum absolute atomic E-state index is 12.8. The molecule has 0 aliphatic rings. The quantitative estimate of drug-likeness (QED) is 0.794. The summed E-state index contributed by atoms with van der Waals surface area (Å²) in [4.78, 5) is 0. The molecule has 14 heavy (non-hydrogen) atoms. The van der Waals surface area contributed by atoms with Crippen LogP contribution < -0.4 is 5.32 Å². The number of nitrogens with one attached hydrogen (secondary N) is 1. The molecule has 0 atom stereocenters. The van der Waals surface area contributed by atoms with E-state index in [-0.39, 0.29) is 11.8 Å². The summed E-state index contributed by atoms with van der Waals surface area (Å²) in [6.07, 6.45) is 0. The van der Waals surface area contributed by atoms with Gasteiger partial charge in [-0.3, -0.25) is 0 Å². The van der Waals surface area contributed by atoms with E-state index in [2.05, 4.69) is 15.5 Å². The fourth-order valence-electron chi connectivity index (χ4n) is 1.04. The van der Waals surface area contributed by atoms with Gasteiger partial charge in [-0.25, -0.2) is 4.39 Å². The third-order valence-electron chi connectivity index (χ3n) is 1.60. The smallest absolute Gasteiger partial charge is 0.320 e. The van der Waals surface area contributed by atoms with E-state index < -0.39 is 0 Å². The van der Waals surface area contributed by atoms with Crippen LogP contribution in [-0.2, 0) is 0 Å². The Morgan fingerprint density at radius 3 is 2.86 bits per heavy atom. The van der Waals surface area contributed by atoms with Gasteiger partial charge in [0.2, 0.25) is 5.89 Å². The van der Waals surface area contributed by atoms with Gasteiger partial charge in [0.15, 0.2) is 0 Å². The minimum absolute atomic E-state index is 0.258. The Kier molecular flexibility index (Phi) is 2.14. The number of nitrogens with zero attached hydrogens (tertiary/aromatic N) is 2. The van der Waals surface area contributed by atoms with E-state index in [1.165, 1.54) is 12.1 Å². The highest BCUT2D eigenvalue weighted by Crippen LogP contribution is 2.15. The highest BCUT2D eigenvalue weighted by atomic mass is 19.1. The highest BCUT2D eigenvalue weighted by molar-refractivity contribution is 5.51. The number of anilines is 2. The molecule has 0 fully saturated rings. The van der Waals surface area contributed by atoms with Gasteiger partial charge >= 0.3 is 6.01 Å². The average molecular weight is 193 g/mol. The van der Waals surface area contributed by atoms with Crippen LogP contribution in [0.1, 0.15) is 5.89 Å². The summed E-state index contributed by atoms with van der Waals surface area (Å²) >= 11 is 0. The molecule has 0 radical (unpaired) electrons. The van der Waals surface area contributed by atoms with Gasteiger partial charge in [0.05, 0.1) is 0 Å². The summed E-state index contributed by atoms with van der Waals surface area (Å²) in [5, 5.41) is 10.1. The molecule has 4 nitrogen and oxygen atoms in total. The minimum atomic E-state index is -0.314. The van der Waals surface area contributed by atoms with Crippen LogP contribution in [0.5, 0.6) is 0 Å². The van der Waals surface area contributed by atoms with E-state index in [1.807, 2.05) is 0 Å². The molecule has 5 heteroatoms. The van der Waals surface area contributed by atoms with E-state index in [0.29, 0.717) is 11.6 Å². The highest BCUT2D eigenvalue weighted by Gasteiger charge is 2.02. The third kappa shape index (κ3) is 1.87. The van der Waals surface area contributed by atoms with Gasteiger partial charge in [-0.15, -0.1) is 5.10 Å². The summed E-state index contributed by atoms with van der Waals surface area (Å²) < 4.78 is 17.8. The predicted molar refractivity (Wildman–Crippen MR) is 48.7 cm³/mol. The number of hydrogen-bond donors (Lipinski definition) is 1. The Bertz CT molecular complexity index is 441. The number of aryl methyl sites for hydroxylation is 1. The first-order chi connectivity index (χ1) is 6.74. The number of halogens is 1. The maximum atomic E-state index is 12.8. The Balaban J connectivity index is 2.18. The fourth-order valence-corrected chi connectivity index (χ4v) is 1.04. The van der Waals surface area contributed by atoms with Crippen molar-refractivity contribution in [3.05, 3.63) is 36.0 Å². The summed E-state index contributed by atoms with van der Waals surface area (Å²) in [7, 11) is 0. The van der Waals surface area contributed by atoms with Crippen molar-refractivity contribution in [3.8, 4) is 0 Å². The zero-order chi connectivity index (χ0) is 9.97. The van der Waals surface area contributed by atoms with Crippen LogP contribution in [0.15, 0.2) is 28.7 Å². The standard InChI is InChI=1S/C9H8FN3O/c1-6-12-13-9(14-6)11-8-4-2-3-7(10)5-8/h2-5H,1H3,(H,11,13). The van der Waals surface area contributed by atoms with Crippen LogP contribution in [0.4, 0.5) is 16.1 Å². The SMILES string of the molecule is Cc1nnc(Nc2cccc(F)c2)o1. The molecule has 0 bridgehead atoms. The minimum Gasteiger partial charge on any atom is -0.408 e. The lowest BCUT2D eigenvalue weighted by Crippen LogP contribution is -1.90. The molecule has 0 saturated heterocycles. The summed E-state index contributed by atoms with van der Waals surface area (Å²) in [6, 6.07) is 6.28. The van der Waals surface area contributed by atoms with Crippen molar-refractivity contribution < 1.29 is 8.81 Å². The molecule has 1 N–H and O–H groups in total. The van der Waals surface area contributed by atoms with Crippen LogP contribution in [0.25, 0.3) is 0 Å². The average Bonchev–Trinajstić information content (AvgIpc) is 2.51. The van der Waals surface area contributed by atoms with Crippen LogP contribution in [0.2, 0.25) is 0 Å². The Labute approximate surface area is 79.8 Å². The first kappa shape index (κ1) is 8.68. The largest absolute Gasteiger partial charge is 0.408 e. The lowest BCUT2D eigenvalue weighted by atomic mass is 10.3. The second kappa shape index (κ2) is 3.45. The molecule has 2 aromatic rings. The van der Waals surface area contributed by atoms with Crippen molar-refractivity contribution >= 4 is 11.7 Å². The number of hydrogen-bond acceptors (Lipinski definition) is 4. The lowest BCUT2D eigenvalue weighted by Gasteiger charge is -1.99. The van der Waals surface area contributed by atoms with Crippen LogP contribution >= 0.6 is 0 Å². The molecule has 72 valence electrons. The zero-order valence-corrected chi connectivity index (χ0v) is 7.49. The van der Waals surface area contributed by atoms with Crippen LogP contribution in [0.3, 0.4) is 0 Å². The van der Waals surface area contributed by atoms with E-state index in [4.69, 9.17) is 4.42 Å². The van der Waals surface area contributed by atoms with E-state index >= 15 is 0 Å². The summed E-state index contributed by atoms with van der Waals surface area (Å²) in [5.41, 5.74) is 0.577. The van der Waals surface area contributed by atoms with Crippen molar-refractivity contribution in [2.75, 3.05) is 5.32 Å². The molecular formula is C9H8FN3O. The summed E-state index contributed by atoms with van der Waals surface area (Å²) in [6.45, 7) is 1.68. The first-order valence-corrected chi connectivity index (χ1v) is 4.07. The van der Waals surface area contributed by atoms with Gasteiger partial charge in [0, 0.05) is 12.6 Å². The molecule has 0 saturated carbocycles. The van der Waals surface area contributed by atoms with Gasteiger partial charge in [0.1, 0.15) is 5.82 Å². The van der Waals surface area contributed by atoms with Gasteiger partial charge in [-0.2, -0.15) is 0 Å². The Morgan fingerprint density at radius 1 is 1.36 bits per heavy atom. The lowest BCUT2D eigenvalue weighted by molar-refractivity contribution is 0.535. The molecule has 1 aromatic carbocycles. The molecule has 0 unspecified atom stereocenters. The number of benzene rings is 1. The molecular weight excluding hydrogens is 185 g/mol. The second-order valence-corrected chi connectivity index (χ2v) is 2.76. The molecule has 0 aliphatic carbocycles. The fraction of sp³-hybridized carbons (Fsp3) is 0.111. The van der Waals surface area contributed by atoms with Crippen molar-refractivity contribution in [2.45, 2.75) is 6.92 Å². The van der Waals surface area contributed by atoms with Crippen LogP contribution in [-0.4, -0.2) is 10.2 Å². The zero-order valence-electron chi connectivity index (χ0n) is 7.49. The van der Waals surface area contributed by atoms with Crippen LogP contribution in [0, 0.1) is 12.7 Å². The monoisotopic (exact) mass is 193 g/mol. The molecule has 2 rings (SSSR count). The Hall–Kier alpha value is -1.91. The van der Waals surface area contributed by atoms with Gasteiger partial charge in [0.25, 0.3) is 0 Å². The molecule has 0 spiro atoms. The van der Waals surface area contributed by atoms with Crippen molar-refractivity contribution in [1.29, 1.82) is 0 Å². The molecule has 0 amide bonds. The summed E-state index contributed by atoms with van der Waals surface area (Å²) in [5.74, 6) is 0.148. The van der Waals surface area contributed by atoms with Crippen molar-refractivity contribution in [2.24, 2.45) is 0 Å². The Morgan fingerprint density at radius 2 is 2.21 bits per heavy atom. The number of aromatic nitrogens is 2. The van der Waals surface area contributed by atoms with Crippen molar-refractivity contribution in [3.63, 3.8) is 0 Å². The first-order valence-electron chi connectivity index (χ1n) is 4.07. The predicted octanol–water partition coefficient (Wildman–Crippen LogP) is 2.26. The third-order valence-corrected chi connectivity index (χ3v) is 1.60. The topological polar surface area (TPSA) is 51.0 Å². The number of rotatable bonds is 2. The van der Waals surface area contributed by atoms with E-state index in [9.17, 15) is 4.39 Å². The maximum Gasteiger partial charge on any atom is 0.320 e. The van der Waals surface area contributed by atoms with Crippen molar-refractivity contribution in [1.82, 2.24) is 10.2 Å². The second-order valence-electron chi connectivity index (χ2n) is 2.76. The van der Waals surface area contributed by atoms with Gasteiger partial charge in [-0.1, -0.05) is 11.2 Å². The van der Waals surface area contributed by atoms with E-state index in [1.54, 1.807) is 19.1 Å². The molecule has 0 aliphatic heterocycles.